The Morgan fingerprint density at radius 2 is 2.05 bits per heavy atom. The number of carbonyl (C=O) groups is 1. The van der Waals surface area contributed by atoms with E-state index in [0.717, 1.165) is 22.6 Å². The summed E-state index contributed by atoms with van der Waals surface area (Å²) in [6.07, 6.45) is 1.74. The molecule has 0 bridgehead atoms. The maximum atomic E-state index is 11.1. The molecular weight excluding hydrogens is 266 g/mol. The van der Waals surface area contributed by atoms with Gasteiger partial charge in [-0.1, -0.05) is 12.1 Å². The second-order valence-corrected chi connectivity index (χ2v) is 5.13. The zero-order valence-corrected chi connectivity index (χ0v) is 11.8. The highest BCUT2D eigenvalue weighted by Gasteiger charge is 2.16. The van der Waals surface area contributed by atoms with Crippen molar-refractivity contribution in [1.29, 1.82) is 0 Å². The average molecular weight is 281 g/mol. The lowest BCUT2D eigenvalue weighted by Crippen LogP contribution is -2.04. The van der Waals surface area contributed by atoms with E-state index in [9.17, 15) is 4.79 Å². The summed E-state index contributed by atoms with van der Waals surface area (Å²) < 4.78 is 2.02. The van der Waals surface area contributed by atoms with E-state index in [0.29, 0.717) is 0 Å². The number of hydrogen-bond donors (Lipinski definition) is 1. The van der Waals surface area contributed by atoms with E-state index in [2.05, 4.69) is 23.8 Å². The normalized spacial score (nSPS) is 11.2. The molecule has 0 unspecified atom stereocenters. The summed E-state index contributed by atoms with van der Waals surface area (Å²) in [6.45, 7) is 4.11. The number of benzene rings is 1. The Labute approximate surface area is 121 Å². The molecule has 0 aliphatic carbocycles. The number of hydrogen-bond acceptors (Lipinski definition) is 3. The smallest absolute Gasteiger partial charge is 0.335 e. The SMILES string of the molecule is CC(C)n1c(-c2cccc(C(=O)O)c2)nc2cccnc21. The number of imidazole rings is 1. The van der Waals surface area contributed by atoms with Crippen molar-refractivity contribution in [1.82, 2.24) is 14.5 Å². The Morgan fingerprint density at radius 1 is 1.24 bits per heavy atom. The van der Waals surface area contributed by atoms with Crippen LogP contribution in [0.15, 0.2) is 42.6 Å². The number of aromatic carboxylic acids is 1. The molecule has 3 aromatic rings. The van der Waals surface area contributed by atoms with Crippen molar-refractivity contribution in [3.8, 4) is 11.4 Å². The largest absolute Gasteiger partial charge is 0.478 e. The summed E-state index contributed by atoms with van der Waals surface area (Å²) in [6, 6.07) is 10.7. The fraction of sp³-hybridized carbons (Fsp3) is 0.188. The highest BCUT2D eigenvalue weighted by atomic mass is 16.4. The number of carboxylic acid groups (broad SMARTS) is 1. The molecule has 0 amide bonds. The predicted molar refractivity (Wildman–Crippen MR) is 80.3 cm³/mol. The minimum absolute atomic E-state index is 0.174. The van der Waals surface area contributed by atoms with Crippen LogP contribution in [0.5, 0.6) is 0 Å². The molecule has 0 radical (unpaired) electrons. The molecule has 2 aromatic heterocycles. The van der Waals surface area contributed by atoms with Crippen LogP contribution in [-0.2, 0) is 0 Å². The third-order valence-corrected chi connectivity index (χ3v) is 3.33. The summed E-state index contributed by atoms with van der Waals surface area (Å²) >= 11 is 0. The predicted octanol–water partition coefficient (Wildman–Crippen LogP) is 3.38. The number of carboxylic acids is 1. The lowest BCUT2D eigenvalue weighted by molar-refractivity contribution is 0.0697. The molecule has 106 valence electrons. The topological polar surface area (TPSA) is 68.0 Å². The van der Waals surface area contributed by atoms with Crippen LogP contribution >= 0.6 is 0 Å². The van der Waals surface area contributed by atoms with Crippen LogP contribution in [0.2, 0.25) is 0 Å². The number of pyridine rings is 1. The van der Waals surface area contributed by atoms with E-state index in [1.807, 2.05) is 22.8 Å². The van der Waals surface area contributed by atoms with Gasteiger partial charge in [0.15, 0.2) is 5.65 Å². The first-order valence-electron chi connectivity index (χ1n) is 6.74. The second-order valence-electron chi connectivity index (χ2n) is 5.13. The van der Waals surface area contributed by atoms with Crippen LogP contribution < -0.4 is 0 Å². The highest BCUT2D eigenvalue weighted by Crippen LogP contribution is 2.27. The summed E-state index contributed by atoms with van der Waals surface area (Å²) in [5, 5.41) is 9.13. The third-order valence-electron chi connectivity index (χ3n) is 3.33. The minimum Gasteiger partial charge on any atom is -0.478 e. The first kappa shape index (κ1) is 13.3. The zero-order valence-electron chi connectivity index (χ0n) is 11.8. The van der Waals surface area contributed by atoms with Crippen molar-refractivity contribution in [2.75, 3.05) is 0 Å². The molecule has 0 spiro atoms. The van der Waals surface area contributed by atoms with Gasteiger partial charge in [-0.15, -0.1) is 0 Å². The Kier molecular flexibility index (Phi) is 3.17. The molecule has 0 atom stereocenters. The molecule has 3 rings (SSSR count). The van der Waals surface area contributed by atoms with E-state index in [-0.39, 0.29) is 11.6 Å². The number of fused-ring (bicyclic) bond motifs is 1. The summed E-state index contributed by atoms with van der Waals surface area (Å²) in [4.78, 5) is 20.1. The van der Waals surface area contributed by atoms with Crippen LogP contribution in [-0.4, -0.2) is 25.6 Å². The van der Waals surface area contributed by atoms with Crippen LogP contribution in [0, 0.1) is 0 Å². The van der Waals surface area contributed by atoms with Gasteiger partial charge in [0.05, 0.1) is 5.56 Å². The molecule has 0 fully saturated rings. The Bertz CT molecular complexity index is 821. The van der Waals surface area contributed by atoms with Crippen molar-refractivity contribution in [2.45, 2.75) is 19.9 Å². The lowest BCUT2D eigenvalue weighted by atomic mass is 10.1. The molecule has 1 aromatic carbocycles. The Hall–Kier alpha value is -2.69. The standard InChI is InChI=1S/C16H15N3O2/c1-10(2)19-14(18-13-7-4-8-17-15(13)19)11-5-3-6-12(9-11)16(20)21/h3-10H,1-2H3,(H,20,21). The lowest BCUT2D eigenvalue weighted by Gasteiger charge is -2.12. The van der Waals surface area contributed by atoms with Gasteiger partial charge in [-0.3, -0.25) is 0 Å². The zero-order chi connectivity index (χ0) is 15.0. The van der Waals surface area contributed by atoms with Crippen LogP contribution in [0.1, 0.15) is 30.2 Å². The minimum atomic E-state index is -0.942. The van der Waals surface area contributed by atoms with Crippen molar-refractivity contribution in [3.63, 3.8) is 0 Å². The van der Waals surface area contributed by atoms with Gasteiger partial charge in [0.25, 0.3) is 0 Å². The average Bonchev–Trinajstić information content (AvgIpc) is 2.87. The fourth-order valence-electron chi connectivity index (χ4n) is 2.41. The van der Waals surface area contributed by atoms with Gasteiger partial charge in [0.1, 0.15) is 11.3 Å². The first-order chi connectivity index (χ1) is 10.1. The van der Waals surface area contributed by atoms with Crippen molar-refractivity contribution in [2.24, 2.45) is 0 Å². The monoisotopic (exact) mass is 281 g/mol. The Balaban J connectivity index is 2.27. The molecule has 0 saturated heterocycles. The molecule has 21 heavy (non-hydrogen) atoms. The molecule has 0 aliphatic heterocycles. The van der Waals surface area contributed by atoms with E-state index in [1.165, 1.54) is 0 Å². The van der Waals surface area contributed by atoms with Crippen LogP contribution in [0.4, 0.5) is 0 Å². The molecule has 5 heteroatoms. The van der Waals surface area contributed by atoms with E-state index < -0.39 is 5.97 Å². The van der Waals surface area contributed by atoms with Crippen molar-refractivity contribution < 1.29 is 9.90 Å². The maximum Gasteiger partial charge on any atom is 0.335 e. The van der Waals surface area contributed by atoms with E-state index >= 15 is 0 Å². The summed E-state index contributed by atoms with van der Waals surface area (Å²) in [5.74, 6) is -0.205. The number of nitrogens with zero attached hydrogens (tertiary/aromatic N) is 3. The molecule has 0 aliphatic rings. The van der Waals surface area contributed by atoms with Crippen molar-refractivity contribution in [3.05, 3.63) is 48.2 Å². The van der Waals surface area contributed by atoms with E-state index in [1.54, 1.807) is 24.4 Å². The summed E-state index contributed by atoms with van der Waals surface area (Å²) in [7, 11) is 0. The first-order valence-corrected chi connectivity index (χ1v) is 6.74. The molecule has 0 saturated carbocycles. The number of aromatic nitrogens is 3. The highest BCUT2D eigenvalue weighted by molar-refractivity contribution is 5.89. The second kappa shape index (κ2) is 5.01. The fourth-order valence-corrected chi connectivity index (χ4v) is 2.41. The summed E-state index contributed by atoms with van der Waals surface area (Å²) in [5.41, 5.74) is 2.65. The van der Waals surface area contributed by atoms with Gasteiger partial charge in [-0.2, -0.15) is 0 Å². The van der Waals surface area contributed by atoms with Crippen molar-refractivity contribution >= 4 is 17.1 Å². The van der Waals surface area contributed by atoms with Gasteiger partial charge in [-0.25, -0.2) is 14.8 Å². The van der Waals surface area contributed by atoms with Gasteiger partial charge in [0, 0.05) is 17.8 Å². The number of rotatable bonds is 3. The van der Waals surface area contributed by atoms with Gasteiger partial charge < -0.3 is 9.67 Å². The molecule has 1 N–H and O–H groups in total. The Morgan fingerprint density at radius 3 is 2.76 bits per heavy atom. The van der Waals surface area contributed by atoms with Crippen LogP contribution in [0.25, 0.3) is 22.6 Å². The van der Waals surface area contributed by atoms with Crippen LogP contribution in [0.3, 0.4) is 0 Å². The quantitative estimate of drug-likeness (QED) is 0.799. The molecular formula is C16H15N3O2. The third kappa shape index (κ3) is 2.27. The maximum absolute atomic E-state index is 11.1. The van der Waals surface area contributed by atoms with Gasteiger partial charge >= 0.3 is 5.97 Å². The molecule has 5 nitrogen and oxygen atoms in total. The molecule has 2 heterocycles. The van der Waals surface area contributed by atoms with Gasteiger partial charge in [0.2, 0.25) is 0 Å². The van der Waals surface area contributed by atoms with E-state index in [4.69, 9.17) is 5.11 Å². The van der Waals surface area contributed by atoms with Gasteiger partial charge in [-0.05, 0) is 38.1 Å².